The van der Waals surface area contributed by atoms with Gasteiger partial charge in [0.15, 0.2) is 0 Å². The lowest BCUT2D eigenvalue weighted by atomic mass is 10.1. The molecular formula is C19H35NO. The molecule has 21 heavy (non-hydrogen) atoms. The van der Waals surface area contributed by atoms with Crippen LogP contribution in [0.4, 0.5) is 0 Å². The Morgan fingerprint density at radius 2 is 1.29 bits per heavy atom. The Morgan fingerprint density at radius 3 is 1.90 bits per heavy atom. The molecule has 0 fully saturated rings. The smallest absolute Gasteiger partial charge is 0.00187 e. The molecule has 0 saturated heterocycles. The van der Waals surface area contributed by atoms with Crippen molar-refractivity contribution in [3.05, 3.63) is 35.9 Å². The average Bonchev–Trinajstić information content (AvgIpc) is 2.47. The van der Waals surface area contributed by atoms with Crippen molar-refractivity contribution in [3.8, 4) is 0 Å². The SMILES string of the molecule is CCCN(CCC)CCCCCCCc1ccccc1.O. The molecule has 122 valence electrons. The molecule has 2 heteroatoms. The number of hydrogen-bond acceptors (Lipinski definition) is 1. The van der Waals surface area contributed by atoms with Gasteiger partial charge in [-0.25, -0.2) is 0 Å². The Kier molecular flexibility index (Phi) is 13.5. The molecule has 2 nitrogen and oxygen atoms in total. The molecule has 0 aliphatic rings. The Hall–Kier alpha value is -0.860. The number of nitrogens with zero attached hydrogens (tertiary/aromatic N) is 1. The van der Waals surface area contributed by atoms with E-state index in [1.54, 1.807) is 0 Å². The van der Waals surface area contributed by atoms with Gasteiger partial charge in [0.25, 0.3) is 0 Å². The number of hydrogen-bond donors (Lipinski definition) is 0. The molecule has 0 radical (unpaired) electrons. The van der Waals surface area contributed by atoms with Gasteiger partial charge in [0.05, 0.1) is 0 Å². The van der Waals surface area contributed by atoms with Crippen LogP contribution in [-0.2, 0) is 6.42 Å². The monoisotopic (exact) mass is 293 g/mol. The fourth-order valence-corrected chi connectivity index (χ4v) is 2.81. The van der Waals surface area contributed by atoms with Crippen LogP contribution >= 0.6 is 0 Å². The van der Waals surface area contributed by atoms with E-state index < -0.39 is 0 Å². The molecule has 1 rings (SSSR count). The summed E-state index contributed by atoms with van der Waals surface area (Å²) in [5, 5.41) is 0. The molecule has 1 aromatic rings. The lowest BCUT2D eigenvalue weighted by Crippen LogP contribution is -2.26. The third-order valence-electron chi connectivity index (χ3n) is 3.86. The van der Waals surface area contributed by atoms with Crippen molar-refractivity contribution in [2.45, 2.75) is 65.2 Å². The molecule has 0 spiro atoms. The quantitative estimate of drug-likeness (QED) is 0.523. The highest BCUT2D eigenvalue weighted by atomic mass is 16.0. The predicted octanol–water partition coefficient (Wildman–Crippen LogP) is 4.48. The zero-order valence-corrected chi connectivity index (χ0v) is 14.1. The van der Waals surface area contributed by atoms with Crippen LogP contribution < -0.4 is 0 Å². The van der Waals surface area contributed by atoms with E-state index in [4.69, 9.17) is 0 Å². The third kappa shape index (κ3) is 10.5. The molecule has 0 unspecified atom stereocenters. The summed E-state index contributed by atoms with van der Waals surface area (Å²) in [6, 6.07) is 10.9. The molecule has 0 amide bonds. The number of aryl methyl sites for hydroxylation is 1. The summed E-state index contributed by atoms with van der Waals surface area (Å²) in [5.74, 6) is 0. The second kappa shape index (κ2) is 14.1. The average molecular weight is 293 g/mol. The Labute approximate surface area is 131 Å². The lowest BCUT2D eigenvalue weighted by molar-refractivity contribution is 0.268. The van der Waals surface area contributed by atoms with Crippen LogP contribution in [0.5, 0.6) is 0 Å². The van der Waals surface area contributed by atoms with Gasteiger partial charge < -0.3 is 10.4 Å². The zero-order chi connectivity index (χ0) is 14.5. The minimum absolute atomic E-state index is 0. The third-order valence-corrected chi connectivity index (χ3v) is 3.86. The molecule has 0 heterocycles. The van der Waals surface area contributed by atoms with Crippen LogP contribution in [0, 0.1) is 0 Å². The predicted molar refractivity (Wildman–Crippen MR) is 93.9 cm³/mol. The van der Waals surface area contributed by atoms with Gasteiger partial charge >= 0.3 is 0 Å². The van der Waals surface area contributed by atoms with Crippen molar-refractivity contribution in [1.82, 2.24) is 4.90 Å². The molecule has 0 aliphatic carbocycles. The minimum Gasteiger partial charge on any atom is -0.412 e. The summed E-state index contributed by atoms with van der Waals surface area (Å²) >= 11 is 0. The number of rotatable bonds is 12. The highest BCUT2D eigenvalue weighted by molar-refractivity contribution is 5.14. The standard InChI is InChI=1S/C19H33N.H2O/c1-3-16-20(17-4-2)18-12-7-5-6-9-13-19-14-10-8-11-15-19;/h8,10-11,14-15H,3-7,9,12-13,16-18H2,1-2H3;1H2. The van der Waals surface area contributed by atoms with E-state index >= 15 is 0 Å². The summed E-state index contributed by atoms with van der Waals surface area (Å²) in [4.78, 5) is 2.63. The number of unbranched alkanes of at least 4 members (excludes halogenated alkanes) is 4. The maximum absolute atomic E-state index is 2.63. The van der Waals surface area contributed by atoms with Crippen LogP contribution in [0.25, 0.3) is 0 Å². The van der Waals surface area contributed by atoms with E-state index in [0.717, 1.165) is 0 Å². The van der Waals surface area contributed by atoms with Gasteiger partial charge in [0, 0.05) is 0 Å². The van der Waals surface area contributed by atoms with Crippen molar-refractivity contribution in [2.75, 3.05) is 19.6 Å². The van der Waals surface area contributed by atoms with E-state index in [1.807, 2.05) is 0 Å². The van der Waals surface area contributed by atoms with Crippen molar-refractivity contribution < 1.29 is 5.48 Å². The summed E-state index contributed by atoms with van der Waals surface area (Å²) in [6.07, 6.45) is 10.7. The Balaban J connectivity index is 0.00000400. The highest BCUT2D eigenvalue weighted by Crippen LogP contribution is 2.09. The second-order valence-electron chi connectivity index (χ2n) is 5.85. The first-order valence-corrected chi connectivity index (χ1v) is 8.63. The fourth-order valence-electron chi connectivity index (χ4n) is 2.81. The van der Waals surface area contributed by atoms with Gasteiger partial charge in [-0.15, -0.1) is 0 Å². The summed E-state index contributed by atoms with van der Waals surface area (Å²) < 4.78 is 0. The van der Waals surface area contributed by atoms with Crippen molar-refractivity contribution in [3.63, 3.8) is 0 Å². The van der Waals surface area contributed by atoms with Gasteiger partial charge in [0.2, 0.25) is 0 Å². The molecule has 2 N–H and O–H groups in total. The van der Waals surface area contributed by atoms with Crippen molar-refractivity contribution >= 4 is 0 Å². The van der Waals surface area contributed by atoms with Crippen LogP contribution in [0.1, 0.15) is 64.4 Å². The fraction of sp³-hybridized carbons (Fsp3) is 0.684. The Morgan fingerprint density at radius 1 is 0.714 bits per heavy atom. The first-order valence-electron chi connectivity index (χ1n) is 8.63. The van der Waals surface area contributed by atoms with Crippen LogP contribution in [-0.4, -0.2) is 30.0 Å². The minimum atomic E-state index is 0. The normalized spacial score (nSPS) is 10.6. The summed E-state index contributed by atoms with van der Waals surface area (Å²) in [5.41, 5.74) is 1.49. The van der Waals surface area contributed by atoms with Gasteiger partial charge in [-0.3, -0.25) is 0 Å². The zero-order valence-electron chi connectivity index (χ0n) is 14.1. The molecule has 1 aromatic carbocycles. The summed E-state index contributed by atoms with van der Waals surface area (Å²) in [6.45, 7) is 8.43. The van der Waals surface area contributed by atoms with Crippen LogP contribution in [0.2, 0.25) is 0 Å². The highest BCUT2D eigenvalue weighted by Gasteiger charge is 2.01. The molecule has 0 aliphatic heterocycles. The van der Waals surface area contributed by atoms with E-state index in [-0.39, 0.29) is 5.48 Å². The molecule has 0 atom stereocenters. The van der Waals surface area contributed by atoms with Gasteiger partial charge in [-0.05, 0) is 57.3 Å². The van der Waals surface area contributed by atoms with E-state index in [1.165, 1.54) is 76.6 Å². The maximum Gasteiger partial charge on any atom is -0.00187 e. The van der Waals surface area contributed by atoms with Crippen molar-refractivity contribution in [2.24, 2.45) is 0 Å². The maximum atomic E-state index is 2.63. The van der Waals surface area contributed by atoms with Crippen molar-refractivity contribution in [1.29, 1.82) is 0 Å². The van der Waals surface area contributed by atoms with E-state index in [9.17, 15) is 0 Å². The van der Waals surface area contributed by atoms with Gasteiger partial charge in [-0.2, -0.15) is 0 Å². The first kappa shape index (κ1) is 20.1. The van der Waals surface area contributed by atoms with Crippen LogP contribution in [0.3, 0.4) is 0 Å². The molecule has 0 saturated carbocycles. The summed E-state index contributed by atoms with van der Waals surface area (Å²) in [7, 11) is 0. The van der Waals surface area contributed by atoms with E-state index in [0.29, 0.717) is 0 Å². The number of benzene rings is 1. The topological polar surface area (TPSA) is 34.7 Å². The van der Waals surface area contributed by atoms with Crippen LogP contribution in [0.15, 0.2) is 30.3 Å². The molecular weight excluding hydrogens is 258 g/mol. The lowest BCUT2D eigenvalue weighted by Gasteiger charge is -2.20. The largest absolute Gasteiger partial charge is 0.412 e. The Bertz CT molecular complexity index is 307. The van der Waals surface area contributed by atoms with E-state index in [2.05, 4.69) is 49.1 Å². The first-order chi connectivity index (χ1) is 9.86. The molecule has 0 aromatic heterocycles. The van der Waals surface area contributed by atoms with Gasteiger partial charge in [0.1, 0.15) is 0 Å². The molecule has 0 bridgehead atoms. The van der Waals surface area contributed by atoms with Gasteiger partial charge in [-0.1, -0.05) is 63.4 Å². The second-order valence-corrected chi connectivity index (χ2v) is 5.85.